The molecule has 0 aliphatic carbocycles. The molecule has 1 aromatic carbocycles. The van der Waals surface area contributed by atoms with Gasteiger partial charge in [-0.3, -0.25) is 19.2 Å². The van der Waals surface area contributed by atoms with E-state index < -0.39 is 60.2 Å². The summed E-state index contributed by atoms with van der Waals surface area (Å²) in [7, 11) is 0. The minimum atomic E-state index is -1.58. The number of benzene rings is 1. The quantitative estimate of drug-likeness (QED) is 0.162. The molecule has 0 aliphatic rings. The molecule has 0 saturated heterocycles. The number of aromatic hydroxyl groups is 1. The minimum absolute atomic E-state index is 0.0565. The lowest BCUT2D eigenvalue weighted by Gasteiger charge is -2.22. The zero-order chi connectivity index (χ0) is 24.4. The molecular weight excluding hydrogens is 444 g/mol. The van der Waals surface area contributed by atoms with Gasteiger partial charge in [-0.05, 0) is 31.0 Å². The SMILES string of the molecule is CC(NC(=O)C(N)Cc1ccc(O)cc1)C(=O)NC(CC(=O)O)C(=O)NC(CS)C(=O)O. The fraction of sp³-hybridized carbons (Fsp3) is 0.421. The highest BCUT2D eigenvalue weighted by Gasteiger charge is 2.29. The number of thiol groups is 1. The highest BCUT2D eigenvalue weighted by Crippen LogP contribution is 2.11. The number of amides is 3. The first-order valence-electron chi connectivity index (χ1n) is 9.44. The van der Waals surface area contributed by atoms with Gasteiger partial charge in [-0.2, -0.15) is 12.6 Å². The molecule has 1 rings (SSSR count). The fourth-order valence-electron chi connectivity index (χ4n) is 2.50. The van der Waals surface area contributed by atoms with Crippen LogP contribution in [0.25, 0.3) is 0 Å². The topological polar surface area (TPSA) is 208 Å². The second kappa shape index (κ2) is 12.5. The van der Waals surface area contributed by atoms with Crippen LogP contribution in [0.15, 0.2) is 24.3 Å². The Morgan fingerprint density at radius 1 is 0.938 bits per heavy atom. The van der Waals surface area contributed by atoms with Gasteiger partial charge < -0.3 is 37.0 Å². The van der Waals surface area contributed by atoms with E-state index in [1.807, 2.05) is 0 Å². The van der Waals surface area contributed by atoms with Gasteiger partial charge in [0.1, 0.15) is 23.9 Å². The molecule has 0 radical (unpaired) electrons. The van der Waals surface area contributed by atoms with Crippen LogP contribution in [0.1, 0.15) is 18.9 Å². The third kappa shape index (κ3) is 8.81. The van der Waals surface area contributed by atoms with E-state index in [1.165, 1.54) is 19.1 Å². The maximum atomic E-state index is 12.4. The highest BCUT2D eigenvalue weighted by atomic mass is 32.1. The number of nitrogens with two attached hydrogens (primary N) is 1. The number of nitrogens with one attached hydrogen (secondary N) is 3. The van der Waals surface area contributed by atoms with Crippen molar-refractivity contribution in [2.75, 3.05) is 5.75 Å². The van der Waals surface area contributed by atoms with Gasteiger partial charge in [-0.25, -0.2) is 4.79 Å². The predicted octanol–water partition coefficient (Wildman–Crippen LogP) is -1.77. The van der Waals surface area contributed by atoms with Crippen molar-refractivity contribution in [2.24, 2.45) is 5.73 Å². The predicted molar refractivity (Wildman–Crippen MR) is 115 cm³/mol. The number of carboxylic acid groups (broad SMARTS) is 2. The van der Waals surface area contributed by atoms with Crippen LogP contribution in [0.2, 0.25) is 0 Å². The van der Waals surface area contributed by atoms with Gasteiger partial charge in [-0.1, -0.05) is 12.1 Å². The number of rotatable bonds is 12. The van der Waals surface area contributed by atoms with Crippen LogP contribution < -0.4 is 21.7 Å². The van der Waals surface area contributed by atoms with Gasteiger partial charge >= 0.3 is 11.9 Å². The van der Waals surface area contributed by atoms with Gasteiger partial charge in [0.15, 0.2) is 0 Å². The third-order valence-electron chi connectivity index (χ3n) is 4.29. The van der Waals surface area contributed by atoms with Gasteiger partial charge in [0, 0.05) is 5.75 Å². The molecule has 3 amide bonds. The molecule has 176 valence electrons. The molecule has 13 heteroatoms. The lowest BCUT2D eigenvalue weighted by Crippen LogP contribution is -2.57. The molecule has 32 heavy (non-hydrogen) atoms. The van der Waals surface area contributed by atoms with Crippen LogP contribution in [0, 0.1) is 0 Å². The number of phenolic OH excluding ortho intramolecular Hbond substituents is 1. The molecule has 4 atom stereocenters. The monoisotopic (exact) mass is 470 g/mol. The van der Waals surface area contributed by atoms with Crippen molar-refractivity contribution in [1.29, 1.82) is 0 Å². The Morgan fingerprint density at radius 3 is 2.00 bits per heavy atom. The second-order valence-corrected chi connectivity index (χ2v) is 7.31. The van der Waals surface area contributed by atoms with Crippen LogP contribution in [0.3, 0.4) is 0 Å². The van der Waals surface area contributed by atoms with Crippen molar-refractivity contribution in [3.05, 3.63) is 29.8 Å². The van der Waals surface area contributed by atoms with E-state index in [0.29, 0.717) is 5.56 Å². The minimum Gasteiger partial charge on any atom is -0.508 e. The van der Waals surface area contributed by atoms with Crippen LogP contribution >= 0.6 is 12.6 Å². The zero-order valence-electron chi connectivity index (χ0n) is 17.1. The zero-order valence-corrected chi connectivity index (χ0v) is 18.0. The average Bonchev–Trinajstić information content (AvgIpc) is 2.72. The van der Waals surface area contributed by atoms with Crippen LogP contribution in [0.5, 0.6) is 5.75 Å². The lowest BCUT2D eigenvalue weighted by atomic mass is 10.1. The Balaban J connectivity index is 2.72. The van der Waals surface area contributed by atoms with E-state index in [2.05, 4.69) is 28.6 Å². The van der Waals surface area contributed by atoms with E-state index in [-0.39, 0.29) is 17.9 Å². The molecule has 0 spiro atoms. The highest BCUT2D eigenvalue weighted by molar-refractivity contribution is 7.80. The molecule has 0 bridgehead atoms. The van der Waals surface area contributed by atoms with Gasteiger partial charge in [0.05, 0.1) is 12.5 Å². The van der Waals surface area contributed by atoms with E-state index in [0.717, 1.165) is 0 Å². The number of phenols is 1. The van der Waals surface area contributed by atoms with Crippen LogP contribution in [-0.2, 0) is 30.4 Å². The lowest BCUT2D eigenvalue weighted by molar-refractivity contribution is -0.143. The molecule has 0 fully saturated rings. The van der Waals surface area contributed by atoms with Crippen molar-refractivity contribution in [3.8, 4) is 5.75 Å². The molecule has 0 saturated carbocycles. The smallest absolute Gasteiger partial charge is 0.327 e. The molecule has 0 aliphatic heterocycles. The normalized spacial score (nSPS) is 14.3. The fourth-order valence-corrected chi connectivity index (χ4v) is 2.75. The molecule has 8 N–H and O–H groups in total. The van der Waals surface area contributed by atoms with E-state index in [9.17, 15) is 29.1 Å². The summed E-state index contributed by atoms with van der Waals surface area (Å²) in [4.78, 5) is 59.0. The number of hydrogen-bond donors (Lipinski definition) is 8. The molecule has 4 unspecified atom stereocenters. The van der Waals surface area contributed by atoms with Crippen LogP contribution in [0.4, 0.5) is 0 Å². The summed E-state index contributed by atoms with van der Waals surface area (Å²) in [5.41, 5.74) is 6.52. The van der Waals surface area contributed by atoms with Gasteiger partial charge in [-0.15, -0.1) is 0 Å². The van der Waals surface area contributed by atoms with Crippen molar-refractivity contribution >= 4 is 42.3 Å². The average molecular weight is 471 g/mol. The van der Waals surface area contributed by atoms with E-state index in [4.69, 9.17) is 15.9 Å². The van der Waals surface area contributed by atoms with E-state index >= 15 is 0 Å². The number of aliphatic carboxylic acids is 2. The van der Waals surface area contributed by atoms with Crippen molar-refractivity contribution in [3.63, 3.8) is 0 Å². The first-order valence-corrected chi connectivity index (χ1v) is 10.1. The summed E-state index contributed by atoms with van der Waals surface area (Å²) in [6, 6.07) is 0.905. The van der Waals surface area contributed by atoms with Crippen LogP contribution in [-0.4, -0.2) is 74.9 Å². The Hall–Kier alpha value is -3.32. The first kappa shape index (κ1) is 26.7. The second-order valence-electron chi connectivity index (χ2n) is 6.95. The number of carboxylic acids is 2. The standard InChI is InChI=1S/C19H26N4O8S/c1-9(21-17(28)12(20)6-10-2-4-11(24)5-3-10)16(27)22-13(7-15(25)26)18(29)23-14(8-32)19(30)31/h2-5,9,12-14,24,32H,6-8,20H2,1H3,(H,21,28)(H,22,27)(H,23,29)(H,25,26)(H,30,31). The number of hydrogen-bond acceptors (Lipinski definition) is 8. The summed E-state index contributed by atoms with van der Waals surface area (Å²) in [6.45, 7) is 1.31. The third-order valence-corrected chi connectivity index (χ3v) is 4.65. The maximum absolute atomic E-state index is 12.4. The Kier molecular flexibility index (Phi) is 10.4. The molecule has 1 aromatic rings. The summed E-state index contributed by atoms with van der Waals surface area (Å²) >= 11 is 3.80. The van der Waals surface area contributed by atoms with Gasteiger partial charge in [0.25, 0.3) is 0 Å². The molecule has 0 aromatic heterocycles. The first-order chi connectivity index (χ1) is 14.9. The molecule has 0 heterocycles. The number of carbonyl (C=O) groups excluding carboxylic acids is 3. The summed E-state index contributed by atoms with van der Waals surface area (Å²) in [5.74, 6) is -5.53. The molecule has 12 nitrogen and oxygen atoms in total. The largest absolute Gasteiger partial charge is 0.508 e. The maximum Gasteiger partial charge on any atom is 0.327 e. The summed E-state index contributed by atoms with van der Waals surface area (Å²) in [5, 5.41) is 33.9. The van der Waals surface area contributed by atoms with Gasteiger partial charge in [0.2, 0.25) is 17.7 Å². The Labute approximate surface area is 189 Å². The molecular formula is C19H26N4O8S. The Morgan fingerprint density at radius 2 is 1.50 bits per heavy atom. The number of carbonyl (C=O) groups is 5. The Bertz CT molecular complexity index is 848. The van der Waals surface area contributed by atoms with Crippen molar-refractivity contribution in [2.45, 2.75) is 43.9 Å². The summed E-state index contributed by atoms with van der Waals surface area (Å²) in [6.07, 6.45) is -0.678. The van der Waals surface area contributed by atoms with E-state index in [1.54, 1.807) is 12.1 Å². The van der Waals surface area contributed by atoms with Crippen molar-refractivity contribution in [1.82, 2.24) is 16.0 Å². The van der Waals surface area contributed by atoms with Crippen molar-refractivity contribution < 1.29 is 39.3 Å². The summed E-state index contributed by atoms with van der Waals surface area (Å²) < 4.78 is 0.